The summed E-state index contributed by atoms with van der Waals surface area (Å²) in [4.78, 5) is 23.7. The standard InChI is InChI=1S/C16H12Cl3NO4/c17-11-5-12(18)15(13(19)6-11)20-14(22)8-24-16(23)10-3-1-9(7-21)2-4-10/h1-6,21H,7-8H2,(H,20,22). The van der Waals surface area contributed by atoms with Gasteiger partial charge in [-0.05, 0) is 29.8 Å². The molecule has 8 heteroatoms. The maximum Gasteiger partial charge on any atom is 0.338 e. The molecule has 24 heavy (non-hydrogen) atoms. The van der Waals surface area contributed by atoms with E-state index in [1.807, 2.05) is 0 Å². The monoisotopic (exact) mass is 387 g/mol. The summed E-state index contributed by atoms with van der Waals surface area (Å²) in [6.07, 6.45) is 0. The first-order valence-corrected chi connectivity index (χ1v) is 7.85. The van der Waals surface area contributed by atoms with Crippen LogP contribution in [0.15, 0.2) is 36.4 Å². The van der Waals surface area contributed by atoms with E-state index in [0.717, 1.165) is 0 Å². The Balaban J connectivity index is 1.94. The molecule has 1 amide bonds. The van der Waals surface area contributed by atoms with Crippen LogP contribution in [-0.4, -0.2) is 23.6 Å². The predicted molar refractivity (Wildman–Crippen MR) is 92.7 cm³/mol. The summed E-state index contributed by atoms with van der Waals surface area (Å²) in [5.41, 5.74) is 1.12. The van der Waals surface area contributed by atoms with Crippen molar-refractivity contribution in [2.75, 3.05) is 11.9 Å². The van der Waals surface area contributed by atoms with E-state index in [0.29, 0.717) is 10.6 Å². The van der Waals surface area contributed by atoms with Gasteiger partial charge in [-0.3, -0.25) is 4.79 Å². The summed E-state index contributed by atoms with van der Waals surface area (Å²) >= 11 is 17.7. The number of aliphatic hydroxyl groups is 1. The lowest BCUT2D eigenvalue weighted by Gasteiger charge is -2.10. The summed E-state index contributed by atoms with van der Waals surface area (Å²) in [7, 11) is 0. The van der Waals surface area contributed by atoms with Crippen LogP contribution in [0.5, 0.6) is 0 Å². The minimum Gasteiger partial charge on any atom is -0.452 e. The molecule has 2 aromatic rings. The van der Waals surface area contributed by atoms with Crippen LogP contribution in [0, 0.1) is 0 Å². The molecule has 0 atom stereocenters. The summed E-state index contributed by atoms with van der Waals surface area (Å²) in [5, 5.41) is 12.1. The van der Waals surface area contributed by atoms with E-state index in [2.05, 4.69) is 5.32 Å². The molecule has 0 aliphatic carbocycles. The molecule has 0 aliphatic heterocycles. The van der Waals surface area contributed by atoms with Gasteiger partial charge in [0.2, 0.25) is 0 Å². The molecule has 0 fully saturated rings. The van der Waals surface area contributed by atoms with Gasteiger partial charge in [0.15, 0.2) is 6.61 Å². The van der Waals surface area contributed by atoms with Crippen molar-refractivity contribution in [3.63, 3.8) is 0 Å². The number of anilines is 1. The van der Waals surface area contributed by atoms with E-state index in [4.69, 9.17) is 44.6 Å². The molecule has 2 rings (SSSR count). The average Bonchev–Trinajstić information content (AvgIpc) is 2.56. The Kier molecular flexibility index (Phi) is 6.45. The molecule has 0 bridgehead atoms. The summed E-state index contributed by atoms with van der Waals surface area (Å²) in [5.74, 6) is -1.26. The Morgan fingerprint density at radius 3 is 2.17 bits per heavy atom. The second-order valence-electron chi connectivity index (χ2n) is 4.72. The normalized spacial score (nSPS) is 10.3. The molecule has 2 aromatic carbocycles. The summed E-state index contributed by atoms with van der Waals surface area (Å²) < 4.78 is 4.91. The number of rotatable bonds is 5. The second-order valence-corrected chi connectivity index (χ2v) is 5.97. The van der Waals surface area contributed by atoms with E-state index in [9.17, 15) is 9.59 Å². The predicted octanol–water partition coefficient (Wildman–Crippen LogP) is 3.93. The Bertz CT molecular complexity index is 739. The van der Waals surface area contributed by atoms with E-state index in [1.165, 1.54) is 24.3 Å². The van der Waals surface area contributed by atoms with Crippen LogP contribution in [0.2, 0.25) is 15.1 Å². The maximum atomic E-state index is 11.9. The van der Waals surface area contributed by atoms with Gasteiger partial charge in [0.05, 0.1) is 27.9 Å². The topological polar surface area (TPSA) is 75.6 Å². The van der Waals surface area contributed by atoms with Crippen molar-refractivity contribution >= 4 is 52.4 Å². The first kappa shape index (κ1) is 18.5. The molecule has 0 radical (unpaired) electrons. The van der Waals surface area contributed by atoms with E-state index in [-0.39, 0.29) is 27.9 Å². The van der Waals surface area contributed by atoms with Crippen LogP contribution < -0.4 is 5.32 Å². The number of nitrogens with one attached hydrogen (secondary N) is 1. The molecule has 5 nitrogen and oxygen atoms in total. The molecular formula is C16H12Cl3NO4. The lowest BCUT2D eigenvalue weighted by Crippen LogP contribution is -2.21. The highest BCUT2D eigenvalue weighted by atomic mass is 35.5. The van der Waals surface area contributed by atoms with Crippen molar-refractivity contribution in [3.8, 4) is 0 Å². The fourth-order valence-electron chi connectivity index (χ4n) is 1.80. The van der Waals surface area contributed by atoms with Crippen molar-refractivity contribution in [1.82, 2.24) is 0 Å². The van der Waals surface area contributed by atoms with Gasteiger partial charge < -0.3 is 15.2 Å². The third-order valence-electron chi connectivity index (χ3n) is 2.98. The highest BCUT2D eigenvalue weighted by Gasteiger charge is 2.14. The van der Waals surface area contributed by atoms with Crippen LogP contribution in [0.4, 0.5) is 5.69 Å². The minimum absolute atomic E-state index is 0.125. The van der Waals surface area contributed by atoms with Crippen LogP contribution >= 0.6 is 34.8 Å². The first-order chi connectivity index (χ1) is 11.4. The molecule has 0 unspecified atom stereocenters. The Labute approximate surface area is 153 Å². The second kappa shape index (κ2) is 8.35. The van der Waals surface area contributed by atoms with Crippen molar-refractivity contribution in [2.45, 2.75) is 6.61 Å². The van der Waals surface area contributed by atoms with Crippen molar-refractivity contribution in [1.29, 1.82) is 0 Å². The van der Waals surface area contributed by atoms with Crippen LogP contribution in [0.1, 0.15) is 15.9 Å². The maximum absolute atomic E-state index is 11.9. The molecule has 126 valence electrons. The number of hydrogen-bond donors (Lipinski definition) is 2. The van der Waals surface area contributed by atoms with E-state index >= 15 is 0 Å². The molecular weight excluding hydrogens is 377 g/mol. The van der Waals surface area contributed by atoms with Gasteiger partial charge in [-0.25, -0.2) is 4.79 Å². The number of aliphatic hydroxyl groups excluding tert-OH is 1. The van der Waals surface area contributed by atoms with Crippen LogP contribution in [0.3, 0.4) is 0 Å². The number of ether oxygens (including phenoxy) is 1. The van der Waals surface area contributed by atoms with Gasteiger partial charge in [0.25, 0.3) is 5.91 Å². The zero-order valence-corrected chi connectivity index (χ0v) is 14.5. The Hall–Kier alpha value is -1.79. The lowest BCUT2D eigenvalue weighted by molar-refractivity contribution is -0.119. The molecule has 2 N–H and O–H groups in total. The quantitative estimate of drug-likeness (QED) is 0.761. The lowest BCUT2D eigenvalue weighted by atomic mass is 10.1. The van der Waals surface area contributed by atoms with Gasteiger partial charge in [0.1, 0.15) is 0 Å². The van der Waals surface area contributed by atoms with Crippen molar-refractivity contribution in [2.24, 2.45) is 0 Å². The molecule has 0 aromatic heterocycles. The van der Waals surface area contributed by atoms with Crippen molar-refractivity contribution in [3.05, 3.63) is 62.6 Å². The zero-order chi connectivity index (χ0) is 17.7. The smallest absolute Gasteiger partial charge is 0.338 e. The Morgan fingerprint density at radius 2 is 1.62 bits per heavy atom. The van der Waals surface area contributed by atoms with Gasteiger partial charge in [-0.2, -0.15) is 0 Å². The highest BCUT2D eigenvalue weighted by molar-refractivity contribution is 6.42. The number of esters is 1. The van der Waals surface area contributed by atoms with Crippen molar-refractivity contribution < 1.29 is 19.4 Å². The van der Waals surface area contributed by atoms with E-state index < -0.39 is 18.5 Å². The average molecular weight is 389 g/mol. The molecule has 0 heterocycles. The number of carbonyl (C=O) groups is 2. The van der Waals surface area contributed by atoms with Gasteiger partial charge >= 0.3 is 5.97 Å². The molecule has 0 saturated carbocycles. The largest absolute Gasteiger partial charge is 0.452 e. The fourth-order valence-corrected chi connectivity index (χ4v) is 2.71. The number of halogens is 3. The van der Waals surface area contributed by atoms with E-state index in [1.54, 1.807) is 12.1 Å². The fraction of sp³-hybridized carbons (Fsp3) is 0.125. The molecule has 0 spiro atoms. The van der Waals surface area contributed by atoms with Crippen LogP contribution in [-0.2, 0) is 16.1 Å². The molecule has 0 aliphatic rings. The zero-order valence-electron chi connectivity index (χ0n) is 12.2. The highest BCUT2D eigenvalue weighted by Crippen LogP contribution is 2.33. The first-order valence-electron chi connectivity index (χ1n) is 6.72. The minimum atomic E-state index is -0.664. The number of amides is 1. The van der Waals surface area contributed by atoms with Gasteiger partial charge in [0, 0.05) is 5.02 Å². The number of benzene rings is 2. The summed E-state index contributed by atoms with van der Waals surface area (Å²) in [6.45, 7) is -0.629. The number of hydrogen-bond acceptors (Lipinski definition) is 4. The molecule has 0 saturated heterocycles. The number of carbonyl (C=O) groups excluding carboxylic acids is 2. The third kappa shape index (κ3) is 4.85. The van der Waals surface area contributed by atoms with Gasteiger partial charge in [-0.15, -0.1) is 0 Å². The SMILES string of the molecule is O=C(COC(=O)c1ccc(CO)cc1)Nc1c(Cl)cc(Cl)cc1Cl. The van der Waals surface area contributed by atoms with Crippen LogP contribution in [0.25, 0.3) is 0 Å². The third-order valence-corrected chi connectivity index (χ3v) is 3.79. The summed E-state index contributed by atoms with van der Waals surface area (Å²) in [6, 6.07) is 9.03. The van der Waals surface area contributed by atoms with Gasteiger partial charge in [-0.1, -0.05) is 46.9 Å². The Morgan fingerprint density at radius 1 is 1.04 bits per heavy atom.